The van der Waals surface area contributed by atoms with Gasteiger partial charge in [-0.3, -0.25) is 0 Å². The first-order valence-corrected chi connectivity index (χ1v) is 7.38. The van der Waals surface area contributed by atoms with Gasteiger partial charge in [-0.1, -0.05) is 18.2 Å². The average molecular weight is 348 g/mol. The number of alkyl halides is 3. The van der Waals surface area contributed by atoms with Gasteiger partial charge >= 0.3 is 6.18 Å². The first kappa shape index (κ1) is 16.9. The maximum Gasteiger partial charge on any atom is 0.416 e. The number of H-pyrrole nitrogens is 1. The lowest BCUT2D eigenvalue weighted by molar-refractivity contribution is -0.137. The van der Waals surface area contributed by atoms with Crippen molar-refractivity contribution in [1.82, 2.24) is 9.97 Å². The number of ether oxygens (including phenoxy) is 2. The lowest BCUT2D eigenvalue weighted by Crippen LogP contribution is -2.04. The molecule has 0 radical (unpaired) electrons. The third kappa shape index (κ3) is 3.31. The van der Waals surface area contributed by atoms with Crippen molar-refractivity contribution in [2.24, 2.45) is 0 Å². The molecule has 0 spiro atoms. The molecule has 2 aromatic carbocycles. The molecule has 1 N–H and O–H groups in total. The Bertz CT molecular complexity index is 849. The lowest BCUT2D eigenvalue weighted by atomic mass is 10.1. The summed E-state index contributed by atoms with van der Waals surface area (Å²) in [6.45, 7) is 0. The van der Waals surface area contributed by atoms with Crippen LogP contribution in [0.25, 0.3) is 22.6 Å². The molecular weight excluding hydrogens is 333 g/mol. The van der Waals surface area contributed by atoms with Crippen LogP contribution in [0.1, 0.15) is 5.56 Å². The van der Waals surface area contributed by atoms with Gasteiger partial charge in [0.25, 0.3) is 0 Å². The molecule has 0 fully saturated rings. The number of aromatic nitrogens is 2. The van der Waals surface area contributed by atoms with Crippen LogP contribution in [0.4, 0.5) is 13.2 Å². The average Bonchev–Trinajstić information content (AvgIpc) is 3.10. The third-order valence-electron chi connectivity index (χ3n) is 3.76. The highest BCUT2D eigenvalue weighted by Gasteiger charge is 2.30. The van der Waals surface area contributed by atoms with Crippen LogP contribution in [0.3, 0.4) is 0 Å². The SMILES string of the molecule is COc1cccc(OC)c1-c1cnc(-c2ccc(C(F)(F)F)cc2)[nH]1. The fourth-order valence-corrected chi connectivity index (χ4v) is 2.53. The van der Waals surface area contributed by atoms with E-state index in [-0.39, 0.29) is 0 Å². The van der Waals surface area contributed by atoms with Crippen molar-refractivity contribution in [3.05, 3.63) is 54.2 Å². The molecule has 0 atom stereocenters. The maximum absolute atomic E-state index is 12.7. The number of hydrogen-bond donors (Lipinski definition) is 1. The molecule has 7 heteroatoms. The van der Waals surface area contributed by atoms with E-state index >= 15 is 0 Å². The monoisotopic (exact) mass is 348 g/mol. The molecule has 0 aliphatic carbocycles. The summed E-state index contributed by atoms with van der Waals surface area (Å²) in [6.07, 6.45) is -2.77. The van der Waals surface area contributed by atoms with Crippen molar-refractivity contribution in [2.75, 3.05) is 14.2 Å². The molecule has 0 bridgehead atoms. The molecule has 0 saturated carbocycles. The van der Waals surface area contributed by atoms with E-state index < -0.39 is 11.7 Å². The summed E-state index contributed by atoms with van der Waals surface area (Å²) < 4.78 is 48.7. The van der Waals surface area contributed by atoms with E-state index in [4.69, 9.17) is 9.47 Å². The molecule has 4 nitrogen and oxygen atoms in total. The Labute approximate surface area is 142 Å². The van der Waals surface area contributed by atoms with E-state index in [1.165, 1.54) is 12.1 Å². The third-order valence-corrected chi connectivity index (χ3v) is 3.76. The minimum absolute atomic E-state index is 0.455. The molecule has 0 unspecified atom stereocenters. The number of methoxy groups -OCH3 is 2. The summed E-state index contributed by atoms with van der Waals surface area (Å²) in [7, 11) is 3.09. The number of hydrogen-bond acceptors (Lipinski definition) is 3. The van der Waals surface area contributed by atoms with Crippen LogP contribution in [0.15, 0.2) is 48.7 Å². The molecule has 25 heavy (non-hydrogen) atoms. The van der Waals surface area contributed by atoms with E-state index in [0.717, 1.165) is 12.1 Å². The Balaban J connectivity index is 1.99. The van der Waals surface area contributed by atoms with Crippen molar-refractivity contribution in [2.45, 2.75) is 6.18 Å². The van der Waals surface area contributed by atoms with Crippen molar-refractivity contribution >= 4 is 0 Å². The normalized spacial score (nSPS) is 11.4. The summed E-state index contributed by atoms with van der Waals surface area (Å²) in [5.41, 5.74) is 1.19. The summed E-state index contributed by atoms with van der Waals surface area (Å²) in [5.74, 6) is 1.65. The van der Waals surface area contributed by atoms with Gasteiger partial charge in [-0.25, -0.2) is 4.98 Å². The minimum atomic E-state index is -4.36. The summed E-state index contributed by atoms with van der Waals surface area (Å²) >= 11 is 0. The van der Waals surface area contributed by atoms with Crippen molar-refractivity contribution < 1.29 is 22.6 Å². The van der Waals surface area contributed by atoms with Crippen molar-refractivity contribution in [3.63, 3.8) is 0 Å². The topological polar surface area (TPSA) is 47.1 Å². The zero-order chi connectivity index (χ0) is 18.0. The molecule has 3 aromatic rings. The van der Waals surface area contributed by atoms with E-state index in [9.17, 15) is 13.2 Å². The largest absolute Gasteiger partial charge is 0.496 e. The molecule has 0 amide bonds. The summed E-state index contributed by atoms with van der Waals surface area (Å²) in [4.78, 5) is 7.36. The van der Waals surface area contributed by atoms with Gasteiger partial charge in [-0.05, 0) is 24.3 Å². The second-order valence-corrected chi connectivity index (χ2v) is 5.26. The first-order valence-electron chi connectivity index (χ1n) is 7.38. The smallest absolute Gasteiger partial charge is 0.416 e. The molecule has 3 rings (SSSR count). The van der Waals surface area contributed by atoms with E-state index in [1.807, 2.05) is 0 Å². The lowest BCUT2D eigenvalue weighted by Gasteiger charge is -2.11. The fraction of sp³-hybridized carbons (Fsp3) is 0.167. The Morgan fingerprint density at radius 1 is 0.920 bits per heavy atom. The number of benzene rings is 2. The van der Waals surface area contributed by atoms with Crippen LogP contribution in [0.2, 0.25) is 0 Å². The molecular formula is C18H15F3N2O2. The summed E-state index contributed by atoms with van der Waals surface area (Å²) in [5, 5.41) is 0. The molecule has 0 saturated heterocycles. The van der Waals surface area contributed by atoms with Gasteiger partial charge in [0, 0.05) is 5.56 Å². The van der Waals surface area contributed by atoms with Gasteiger partial charge in [0.15, 0.2) is 0 Å². The second kappa shape index (κ2) is 6.51. The summed E-state index contributed by atoms with van der Waals surface area (Å²) in [6, 6.07) is 10.2. The number of rotatable bonds is 4. The fourth-order valence-electron chi connectivity index (χ4n) is 2.53. The highest BCUT2D eigenvalue weighted by atomic mass is 19.4. The van der Waals surface area contributed by atoms with Crippen LogP contribution >= 0.6 is 0 Å². The second-order valence-electron chi connectivity index (χ2n) is 5.26. The van der Waals surface area contributed by atoms with Crippen molar-refractivity contribution in [1.29, 1.82) is 0 Å². The van der Waals surface area contributed by atoms with Crippen LogP contribution in [-0.2, 0) is 6.18 Å². The predicted molar refractivity (Wildman–Crippen MR) is 87.6 cm³/mol. The van der Waals surface area contributed by atoms with E-state index in [1.54, 1.807) is 38.6 Å². The standard InChI is InChI=1S/C18H15F3N2O2/c1-24-14-4-3-5-15(25-2)16(14)13-10-22-17(23-13)11-6-8-12(9-7-11)18(19,20)21/h3-10H,1-2H3,(H,22,23). The van der Waals surface area contributed by atoms with E-state index in [2.05, 4.69) is 9.97 Å². The highest BCUT2D eigenvalue weighted by molar-refractivity contribution is 5.75. The number of nitrogens with zero attached hydrogens (tertiary/aromatic N) is 1. The van der Waals surface area contributed by atoms with Crippen LogP contribution in [0, 0.1) is 0 Å². The van der Waals surface area contributed by atoms with Gasteiger partial charge < -0.3 is 14.5 Å². The Morgan fingerprint density at radius 2 is 1.52 bits per heavy atom. The zero-order valence-corrected chi connectivity index (χ0v) is 13.5. The van der Waals surface area contributed by atoms with Crippen LogP contribution in [0.5, 0.6) is 11.5 Å². The quantitative estimate of drug-likeness (QED) is 0.738. The maximum atomic E-state index is 12.7. The molecule has 0 aliphatic rings. The minimum Gasteiger partial charge on any atom is -0.496 e. The van der Waals surface area contributed by atoms with Crippen LogP contribution < -0.4 is 9.47 Å². The molecule has 130 valence electrons. The number of nitrogens with one attached hydrogen (secondary N) is 1. The number of aromatic amines is 1. The number of halogens is 3. The van der Waals surface area contributed by atoms with Gasteiger partial charge in [0.2, 0.25) is 0 Å². The van der Waals surface area contributed by atoms with Gasteiger partial charge in [-0.2, -0.15) is 13.2 Å². The van der Waals surface area contributed by atoms with Crippen LogP contribution in [-0.4, -0.2) is 24.2 Å². The Hall–Kier alpha value is -2.96. The molecule has 1 aromatic heterocycles. The zero-order valence-electron chi connectivity index (χ0n) is 13.5. The predicted octanol–water partition coefficient (Wildman–Crippen LogP) is 4.78. The first-order chi connectivity index (χ1) is 11.9. The van der Waals surface area contributed by atoms with Crippen molar-refractivity contribution in [3.8, 4) is 34.1 Å². The Kier molecular flexibility index (Phi) is 4.39. The number of imidazole rings is 1. The van der Waals surface area contributed by atoms with Gasteiger partial charge in [0.05, 0.1) is 37.2 Å². The van der Waals surface area contributed by atoms with E-state index in [0.29, 0.717) is 34.1 Å². The molecule has 0 aliphatic heterocycles. The Morgan fingerprint density at radius 3 is 2.04 bits per heavy atom. The highest BCUT2D eigenvalue weighted by Crippen LogP contribution is 2.38. The van der Waals surface area contributed by atoms with Gasteiger partial charge in [0.1, 0.15) is 17.3 Å². The molecule has 1 heterocycles. The van der Waals surface area contributed by atoms with Gasteiger partial charge in [-0.15, -0.1) is 0 Å².